The summed E-state index contributed by atoms with van der Waals surface area (Å²) in [5.74, 6) is 0. The molecule has 1 heterocycles. The second kappa shape index (κ2) is 6.13. The molecule has 2 aromatic rings. The van der Waals surface area contributed by atoms with Gasteiger partial charge in [0.25, 0.3) is 10.0 Å². The standard InChI is InChI=1S/C14H16BrN3O2S/c1-9-3-4-12(8-17-9)18-21(19,20)14-6-11(7-16)5-13(15)10(14)2/h3-6,8,18H,7,16H2,1-2H3. The summed E-state index contributed by atoms with van der Waals surface area (Å²) in [7, 11) is -3.69. The predicted octanol–water partition coefficient (Wildman–Crippen LogP) is 2.72. The Kier molecular flexibility index (Phi) is 4.65. The maximum atomic E-state index is 12.5. The lowest BCUT2D eigenvalue weighted by Crippen LogP contribution is -2.15. The molecule has 0 bridgehead atoms. The minimum Gasteiger partial charge on any atom is -0.326 e. The molecule has 0 amide bonds. The van der Waals surface area contributed by atoms with Crippen LogP contribution in [0.4, 0.5) is 5.69 Å². The van der Waals surface area contributed by atoms with Crippen molar-refractivity contribution >= 4 is 31.6 Å². The lowest BCUT2D eigenvalue weighted by molar-refractivity contribution is 0.600. The average Bonchev–Trinajstić information content (AvgIpc) is 2.43. The highest BCUT2D eigenvalue weighted by molar-refractivity contribution is 9.10. The van der Waals surface area contributed by atoms with Crippen LogP contribution in [0.15, 0.2) is 39.8 Å². The van der Waals surface area contributed by atoms with Crippen molar-refractivity contribution in [2.45, 2.75) is 25.3 Å². The molecule has 1 aromatic carbocycles. The quantitative estimate of drug-likeness (QED) is 0.867. The summed E-state index contributed by atoms with van der Waals surface area (Å²) in [6.07, 6.45) is 1.49. The summed E-state index contributed by atoms with van der Waals surface area (Å²) < 4.78 is 28.3. The van der Waals surface area contributed by atoms with Crippen LogP contribution in [0.3, 0.4) is 0 Å². The zero-order valence-electron chi connectivity index (χ0n) is 11.7. The molecule has 0 aliphatic heterocycles. The Bertz CT molecular complexity index is 759. The number of rotatable bonds is 4. The van der Waals surface area contributed by atoms with E-state index in [-0.39, 0.29) is 11.4 Å². The van der Waals surface area contributed by atoms with Crippen molar-refractivity contribution in [1.29, 1.82) is 0 Å². The van der Waals surface area contributed by atoms with Crippen LogP contribution in [0.2, 0.25) is 0 Å². The molecule has 0 atom stereocenters. The smallest absolute Gasteiger partial charge is 0.262 e. The van der Waals surface area contributed by atoms with E-state index in [0.29, 0.717) is 15.7 Å². The van der Waals surface area contributed by atoms with Crippen molar-refractivity contribution in [2.75, 3.05) is 4.72 Å². The molecule has 7 heteroatoms. The van der Waals surface area contributed by atoms with Crippen molar-refractivity contribution in [3.8, 4) is 0 Å². The number of hydrogen-bond donors (Lipinski definition) is 2. The van der Waals surface area contributed by atoms with Gasteiger partial charge in [0, 0.05) is 16.7 Å². The van der Waals surface area contributed by atoms with E-state index >= 15 is 0 Å². The Morgan fingerprint density at radius 3 is 2.57 bits per heavy atom. The zero-order valence-corrected chi connectivity index (χ0v) is 14.1. The van der Waals surface area contributed by atoms with Gasteiger partial charge in [-0.1, -0.05) is 15.9 Å². The van der Waals surface area contributed by atoms with Crippen LogP contribution in [0.5, 0.6) is 0 Å². The Morgan fingerprint density at radius 2 is 2.00 bits per heavy atom. The number of benzene rings is 1. The van der Waals surface area contributed by atoms with Crippen LogP contribution in [0.25, 0.3) is 0 Å². The van der Waals surface area contributed by atoms with E-state index in [1.54, 1.807) is 25.1 Å². The van der Waals surface area contributed by atoms with Crippen LogP contribution in [0, 0.1) is 13.8 Å². The molecule has 0 saturated carbocycles. The molecule has 0 radical (unpaired) electrons. The fourth-order valence-corrected chi connectivity index (χ4v) is 3.84. The first kappa shape index (κ1) is 15.9. The van der Waals surface area contributed by atoms with Crippen molar-refractivity contribution < 1.29 is 8.42 Å². The molecule has 3 N–H and O–H groups in total. The molecule has 0 unspecified atom stereocenters. The number of nitrogens with zero attached hydrogens (tertiary/aromatic N) is 1. The second-order valence-corrected chi connectivity index (χ2v) is 7.20. The molecule has 0 saturated heterocycles. The predicted molar refractivity (Wildman–Crippen MR) is 86.6 cm³/mol. The normalized spacial score (nSPS) is 11.4. The molecule has 2 rings (SSSR count). The van der Waals surface area contributed by atoms with Gasteiger partial charge in [0.2, 0.25) is 0 Å². The number of aromatic nitrogens is 1. The summed E-state index contributed by atoms with van der Waals surface area (Å²) in [5.41, 5.74) is 8.23. The third kappa shape index (κ3) is 3.61. The minimum absolute atomic E-state index is 0.206. The number of anilines is 1. The first-order valence-electron chi connectivity index (χ1n) is 6.28. The maximum Gasteiger partial charge on any atom is 0.262 e. The van der Waals surface area contributed by atoms with E-state index < -0.39 is 10.0 Å². The van der Waals surface area contributed by atoms with Gasteiger partial charge in [-0.3, -0.25) is 9.71 Å². The zero-order chi connectivity index (χ0) is 15.6. The first-order valence-corrected chi connectivity index (χ1v) is 8.55. The van der Waals surface area contributed by atoms with Crippen molar-refractivity contribution in [3.05, 3.63) is 51.8 Å². The average molecular weight is 370 g/mol. The van der Waals surface area contributed by atoms with Gasteiger partial charge >= 0.3 is 0 Å². The van der Waals surface area contributed by atoms with Gasteiger partial charge in [-0.05, 0) is 49.2 Å². The lowest BCUT2D eigenvalue weighted by Gasteiger charge is -2.13. The van der Waals surface area contributed by atoms with Gasteiger partial charge in [-0.2, -0.15) is 0 Å². The molecule has 1 aromatic heterocycles. The Balaban J connectivity index is 2.44. The van der Waals surface area contributed by atoms with Crippen LogP contribution < -0.4 is 10.5 Å². The third-order valence-electron chi connectivity index (χ3n) is 3.05. The van der Waals surface area contributed by atoms with E-state index in [1.165, 1.54) is 6.20 Å². The van der Waals surface area contributed by atoms with Gasteiger partial charge in [0.15, 0.2) is 0 Å². The lowest BCUT2D eigenvalue weighted by atomic mass is 10.1. The molecular formula is C14H16BrN3O2S. The van der Waals surface area contributed by atoms with E-state index in [2.05, 4.69) is 25.6 Å². The summed E-state index contributed by atoms with van der Waals surface area (Å²) in [6.45, 7) is 3.85. The number of aryl methyl sites for hydroxylation is 1. The van der Waals surface area contributed by atoms with Crippen LogP contribution in [-0.2, 0) is 16.6 Å². The highest BCUT2D eigenvalue weighted by atomic mass is 79.9. The van der Waals surface area contributed by atoms with Crippen molar-refractivity contribution in [1.82, 2.24) is 4.98 Å². The number of nitrogens with one attached hydrogen (secondary N) is 1. The number of nitrogens with two attached hydrogens (primary N) is 1. The van der Waals surface area contributed by atoms with Gasteiger partial charge in [-0.15, -0.1) is 0 Å². The Morgan fingerprint density at radius 1 is 1.29 bits per heavy atom. The second-order valence-electron chi connectivity index (χ2n) is 4.70. The maximum absolute atomic E-state index is 12.5. The van der Waals surface area contributed by atoms with E-state index in [4.69, 9.17) is 5.73 Å². The van der Waals surface area contributed by atoms with E-state index in [9.17, 15) is 8.42 Å². The molecule has 21 heavy (non-hydrogen) atoms. The Hall–Kier alpha value is -1.44. The van der Waals surface area contributed by atoms with Crippen LogP contribution in [-0.4, -0.2) is 13.4 Å². The first-order chi connectivity index (χ1) is 9.83. The monoisotopic (exact) mass is 369 g/mol. The highest BCUT2D eigenvalue weighted by Crippen LogP contribution is 2.27. The molecule has 0 aliphatic carbocycles. The number of hydrogen-bond acceptors (Lipinski definition) is 4. The Labute approximate surface area is 132 Å². The van der Waals surface area contributed by atoms with Crippen LogP contribution >= 0.6 is 15.9 Å². The summed E-state index contributed by atoms with van der Waals surface area (Å²) >= 11 is 3.37. The van der Waals surface area contributed by atoms with E-state index in [0.717, 1.165) is 11.3 Å². The summed E-state index contributed by atoms with van der Waals surface area (Å²) in [6, 6.07) is 6.83. The van der Waals surface area contributed by atoms with Gasteiger partial charge in [-0.25, -0.2) is 8.42 Å². The number of sulfonamides is 1. The number of pyridine rings is 1. The topological polar surface area (TPSA) is 85.1 Å². The van der Waals surface area contributed by atoms with Crippen molar-refractivity contribution in [2.24, 2.45) is 5.73 Å². The van der Waals surface area contributed by atoms with Gasteiger partial charge < -0.3 is 5.73 Å². The van der Waals surface area contributed by atoms with Gasteiger partial charge in [0.05, 0.1) is 16.8 Å². The largest absolute Gasteiger partial charge is 0.326 e. The van der Waals surface area contributed by atoms with Crippen LogP contribution in [0.1, 0.15) is 16.8 Å². The fourth-order valence-electron chi connectivity index (χ4n) is 1.84. The summed E-state index contributed by atoms with van der Waals surface area (Å²) in [4.78, 5) is 4.28. The SMILES string of the molecule is Cc1ccc(NS(=O)(=O)c2cc(CN)cc(Br)c2C)cn1. The molecule has 0 fully saturated rings. The molecule has 0 spiro atoms. The summed E-state index contributed by atoms with van der Waals surface area (Å²) in [5, 5.41) is 0. The van der Waals surface area contributed by atoms with Crippen molar-refractivity contribution in [3.63, 3.8) is 0 Å². The highest BCUT2D eigenvalue weighted by Gasteiger charge is 2.19. The molecule has 112 valence electrons. The van der Waals surface area contributed by atoms with Gasteiger partial charge in [0.1, 0.15) is 0 Å². The molecular weight excluding hydrogens is 354 g/mol. The minimum atomic E-state index is -3.69. The third-order valence-corrected chi connectivity index (χ3v) is 5.38. The number of halogens is 1. The molecule has 0 aliphatic rings. The van der Waals surface area contributed by atoms with E-state index in [1.807, 2.05) is 13.0 Å². The molecule has 5 nitrogen and oxygen atoms in total. The fraction of sp³-hybridized carbons (Fsp3) is 0.214.